The lowest BCUT2D eigenvalue weighted by molar-refractivity contribution is 0.0600. The summed E-state index contributed by atoms with van der Waals surface area (Å²) in [6.07, 6.45) is 0. The summed E-state index contributed by atoms with van der Waals surface area (Å²) in [6, 6.07) is 21.6. The van der Waals surface area contributed by atoms with E-state index in [1.807, 2.05) is 42.5 Å². The maximum Gasteiger partial charge on any atom is 0.337 e. The first kappa shape index (κ1) is 20.2. The number of rotatable bonds is 5. The van der Waals surface area contributed by atoms with Crippen molar-refractivity contribution in [3.8, 4) is 5.69 Å². The predicted molar refractivity (Wildman–Crippen MR) is 120 cm³/mol. The van der Waals surface area contributed by atoms with Crippen molar-refractivity contribution in [2.24, 2.45) is 0 Å². The second-order valence-electron chi connectivity index (χ2n) is 6.48. The lowest BCUT2D eigenvalue weighted by atomic mass is 10.1. The maximum atomic E-state index is 13.3. The van der Waals surface area contributed by atoms with Crippen LogP contribution in [0.15, 0.2) is 82.7 Å². The Morgan fingerprint density at radius 2 is 1.73 bits per heavy atom. The first-order valence-corrected chi connectivity index (χ1v) is 10.5. The normalized spacial score (nSPS) is 10.9. The van der Waals surface area contributed by atoms with Gasteiger partial charge < -0.3 is 4.74 Å². The first-order chi connectivity index (χ1) is 14.6. The van der Waals surface area contributed by atoms with Crippen LogP contribution < -0.4 is 5.56 Å². The molecule has 7 heteroatoms. The van der Waals surface area contributed by atoms with Gasteiger partial charge in [-0.2, -0.15) is 0 Å². The van der Waals surface area contributed by atoms with E-state index in [0.717, 1.165) is 5.56 Å². The van der Waals surface area contributed by atoms with Crippen molar-refractivity contribution in [3.63, 3.8) is 0 Å². The van der Waals surface area contributed by atoms with Crippen molar-refractivity contribution in [2.45, 2.75) is 10.9 Å². The number of carbonyl (C=O) groups is 1. The van der Waals surface area contributed by atoms with E-state index >= 15 is 0 Å². The number of carbonyl (C=O) groups excluding carboxylic acids is 1. The summed E-state index contributed by atoms with van der Waals surface area (Å²) in [6.45, 7) is 0. The summed E-state index contributed by atoms with van der Waals surface area (Å²) in [5.41, 5.74) is 2.53. The monoisotopic (exact) mass is 436 g/mol. The van der Waals surface area contributed by atoms with Crippen LogP contribution >= 0.6 is 23.4 Å². The molecule has 0 bridgehead atoms. The van der Waals surface area contributed by atoms with Crippen LogP contribution in [0.2, 0.25) is 5.02 Å². The van der Waals surface area contributed by atoms with Crippen molar-refractivity contribution in [1.82, 2.24) is 9.55 Å². The number of hydrogen-bond donors (Lipinski definition) is 0. The second-order valence-corrected chi connectivity index (χ2v) is 7.83. The molecule has 4 aromatic rings. The zero-order valence-corrected chi connectivity index (χ0v) is 17.6. The molecule has 30 heavy (non-hydrogen) atoms. The van der Waals surface area contributed by atoms with E-state index in [9.17, 15) is 9.59 Å². The van der Waals surface area contributed by atoms with Gasteiger partial charge in [0.25, 0.3) is 5.56 Å². The smallest absolute Gasteiger partial charge is 0.337 e. The van der Waals surface area contributed by atoms with Crippen molar-refractivity contribution in [1.29, 1.82) is 0 Å². The van der Waals surface area contributed by atoms with Crippen LogP contribution in [0.4, 0.5) is 0 Å². The molecule has 0 saturated carbocycles. The third-order valence-corrected chi connectivity index (χ3v) is 5.91. The van der Waals surface area contributed by atoms with Crippen LogP contribution in [0, 0.1) is 0 Å². The third kappa shape index (κ3) is 3.97. The minimum absolute atomic E-state index is 0.169. The zero-order chi connectivity index (χ0) is 21.1. The van der Waals surface area contributed by atoms with Crippen molar-refractivity contribution >= 4 is 40.2 Å². The number of nitrogens with zero attached hydrogens (tertiary/aromatic N) is 2. The summed E-state index contributed by atoms with van der Waals surface area (Å²) in [5.74, 6) is 0.189. The molecule has 3 aromatic carbocycles. The Morgan fingerprint density at radius 3 is 2.47 bits per heavy atom. The zero-order valence-electron chi connectivity index (χ0n) is 16.0. The van der Waals surface area contributed by atoms with Crippen molar-refractivity contribution in [3.05, 3.63) is 99.3 Å². The van der Waals surface area contributed by atoms with Gasteiger partial charge in [0.15, 0.2) is 5.16 Å². The molecule has 0 radical (unpaired) electrons. The number of aromatic nitrogens is 2. The molecule has 0 saturated heterocycles. The lowest BCUT2D eigenvalue weighted by Gasteiger charge is -2.14. The summed E-state index contributed by atoms with van der Waals surface area (Å²) in [7, 11) is 1.35. The Labute approximate surface area is 182 Å². The minimum Gasteiger partial charge on any atom is -0.465 e. The fourth-order valence-corrected chi connectivity index (χ4v) is 4.24. The van der Waals surface area contributed by atoms with Gasteiger partial charge in [-0.1, -0.05) is 59.8 Å². The fourth-order valence-electron chi connectivity index (χ4n) is 3.06. The van der Waals surface area contributed by atoms with Gasteiger partial charge in [-0.25, -0.2) is 9.78 Å². The average Bonchev–Trinajstić information content (AvgIpc) is 2.78. The van der Waals surface area contributed by atoms with Crippen LogP contribution in [0.5, 0.6) is 0 Å². The highest BCUT2D eigenvalue weighted by molar-refractivity contribution is 7.98. The van der Waals surface area contributed by atoms with Crippen LogP contribution in [0.1, 0.15) is 15.9 Å². The molecule has 150 valence electrons. The lowest BCUT2D eigenvalue weighted by Crippen LogP contribution is -2.22. The van der Waals surface area contributed by atoms with Gasteiger partial charge in [0.1, 0.15) is 0 Å². The number of esters is 1. The van der Waals surface area contributed by atoms with E-state index in [1.165, 1.54) is 18.9 Å². The number of thioether (sulfide) groups is 1. The number of fused-ring (bicyclic) bond motifs is 1. The number of para-hydroxylation sites is 2. The van der Waals surface area contributed by atoms with E-state index in [4.69, 9.17) is 21.3 Å². The summed E-state index contributed by atoms with van der Waals surface area (Å²) < 4.78 is 6.28. The largest absolute Gasteiger partial charge is 0.465 e. The molecule has 0 N–H and O–H groups in total. The Balaban J connectivity index is 1.74. The molecule has 0 spiro atoms. The molecule has 4 rings (SSSR count). The minimum atomic E-state index is -0.377. The van der Waals surface area contributed by atoms with Gasteiger partial charge in [-0.3, -0.25) is 9.36 Å². The van der Waals surface area contributed by atoms with E-state index in [2.05, 4.69) is 0 Å². The van der Waals surface area contributed by atoms with Crippen LogP contribution in [-0.4, -0.2) is 22.6 Å². The highest BCUT2D eigenvalue weighted by Gasteiger charge is 2.15. The number of ether oxygens (including phenoxy) is 1. The summed E-state index contributed by atoms with van der Waals surface area (Å²) in [4.78, 5) is 29.6. The molecule has 0 aliphatic carbocycles. The van der Waals surface area contributed by atoms with Crippen LogP contribution in [-0.2, 0) is 10.5 Å². The number of hydrogen-bond acceptors (Lipinski definition) is 5. The molecule has 0 aliphatic rings. The molecular formula is C23H17ClN2O3S. The number of methoxy groups -OCH3 is 1. The van der Waals surface area contributed by atoms with Gasteiger partial charge in [0, 0.05) is 5.75 Å². The van der Waals surface area contributed by atoms with E-state index in [1.54, 1.807) is 34.9 Å². The molecule has 0 fully saturated rings. The average molecular weight is 437 g/mol. The molecule has 5 nitrogen and oxygen atoms in total. The Hall–Kier alpha value is -3.09. The Kier molecular flexibility index (Phi) is 5.88. The van der Waals surface area contributed by atoms with Gasteiger partial charge in [-0.15, -0.1) is 0 Å². The second kappa shape index (κ2) is 8.73. The molecule has 0 atom stereocenters. The van der Waals surface area contributed by atoms with Crippen molar-refractivity contribution in [2.75, 3.05) is 7.11 Å². The van der Waals surface area contributed by atoms with Crippen molar-refractivity contribution < 1.29 is 9.53 Å². The molecular weight excluding hydrogens is 420 g/mol. The third-order valence-electron chi connectivity index (χ3n) is 4.58. The quantitative estimate of drug-likeness (QED) is 0.247. The van der Waals surface area contributed by atoms with E-state index in [0.29, 0.717) is 38.1 Å². The predicted octanol–water partition coefficient (Wildman–Crippen LogP) is 5.12. The van der Waals surface area contributed by atoms with Crippen LogP contribution in [0.25, 0.3) is 16.6 Å². The molecule has 0 unspecified atom stereocenters. The molecule has 0 aliphatic heterocycles. The van der Waals surface area contributed by atoms with Gasteiger partial charge >= 0.3 is 5.97 Å². The maximum absolute atomic E-state index is 13.3. The van der Waals surface area contributed by atoms with Gasteiger partial charge in [0.2, 0.25) is 0 Å². The van der Waals surface area contributed by atoms with E-state index < -0.39 is 0 Å². The fraction of sp³-hybridized carbons (Fsp3) is 0.0870. The Bertz CT molecular complexity index is 1290. The molecule has 0 amide bonds. The van der Waals surface area contributed by atoms with E-state index in [-0.39, 0.29) is 11.5 Å². The SMILES string of the molecule is COC(=O)c1ccc(CSc2nc3ccccc3c(=O)n2-c2ccccc2Cl)cc1. The number of halogens is 1. The molecule has 1 aromatic heterocycles. The Morgan fingerprint density at radius 1 is 1.03 bits per heavy atom. The van der Waals surface area contributed by atoms with Crippen LogP contribution in [0.3, 0.4) is 0 Å². The molecule has 1 heterocycles. The highest BCUT2D eigenvalue weighted by atomic mass is 35.5. The summed E-state index contributed by atoms with van der Waals surface area (Å²) in [5, 5.41) is 1.55. The topological polar surface area (TPSA) is 61.2 Å². The number of benzene rings is 3. The summed E-state index contributed by atoms with van der Waals surface area (Å²) >= 11 is 7.82. The first-order valence-electron chi connectivity index (χ1n) is 9.15. The van der Waals surface area contributed by atoms with Gasteiger partial charge in [0.05, 0.1) is 34.3 Å². The standard InChI is InChI=1S/C23H17ClN2O3S/c1-29-22(28)16-12-10-15(11-13-16)14-30-23-25-19-8-4-2-6-17(19)21(27)26(23)20-9-5-3-7-18(20)24/h2-13H,14H2,1H3. The highest BCUT2D eigenvalue weighted by Crippen LogP contribution is 2.27. The van der Waals surface area contributed by atoms with Gasteiger partial charge in [-0.05, 0) is 42.0 Å².